The minimum Gasteiger partial charge on any atom is -0.444 e. The normalized spacial score (nSPS) is 22.0. The molecule has 4 rings (SSSR count). The molecule has 3 fully saturated rings. The lowest BCUT2D eigenvalue weighted by molar-refractivity contribution is -0.140. The van der Waals surface area contributed by atoms with E-state index in [1.54, 1.807) is 25.7 Å². The zero-order valence-corrected chi connectivity index (χ0v) is 20.4. The maximum atomic E-state index is 12.8. The molecular weight excluding hydrogens is 454 g/mol. The van der Waals surface area contributed by atoms with Crippen molar-refractivity contribution < 1.29 is 28.8 Å². The Kier molecular flexibility index (Phi) is 7.15. The molecule has 0 radical (unpaired) electrons. The second-order valence-corrected chi connectivity index (χ2v) is 10.3. The van der Waals surface area contributed by atoms with Crippen LogP contribution in [0.2, 0.25) is 0 Å². The average Bonchev–Trinajstić information content (AvgIpc) is 3.01. The summed E-state index contributed by atoms with van der Waals surface area (Å²) < 4.78 is 5.30. The number of carbonyl (C=O) groups is 4. The third kappa shape index (κ3) is 6.02. The molecule has 5 amide bonds. The van der Waals surface area contributed by atoms with E-state index in [0.29, 0.717) is 32.5 Å². The molecule has 2 N–H and O–H groups in total. The van der Waals surface area contributed by atoms with E-state index in [-0.39, 0.29) is 36.9 Å². The number of hydrazine groups is 1. The standard InChI is InChI=1S/C24H33N5O6/c1-24(2,3)35-23(33)27-12-17(13-27)11-20(30)25-26-21(31)19-10-9-18-14-28(19)22(32)29(18)34-15-16-7-5-4-6-8-16/h4-8,17-19H,9-15H2,1-3H3,(H,25,30)(H,26,31). The Morgan fingerprint density at radius 1 is 1.03 bits per heavy atom. The maximum absolute atomic E-state index is 12.8. The number of amides is 5. The molecule has 1 aromatic rings. The summed E-state index contributed by atoms with van der Waals surface area (Å²) in [6.07, 6.45) is 0.897. The van der Waals surface area contributed by atoms with Gasteiger partial charge in [-0.3, -0.25) is 25.3 Å². The van der Waals surface area contributed by atoms with Crippen LogP contribution in [-0.4, -0.2) is 76.1 Å². The SMILES string of the molecule is CC(C)(C)OC(=O)N1CC(CC(=O)NNC(=O)C2CCC3CN2C(=O)N3OCc2ccccc2)C1. The molecule has 2 bridgehead atoms. The summed E-state index contributed by atoms with van der Waals surface area (Å²) in [5.74, 6) is -0.772. The number of ether oxygens (including phenoxy) is 1. The van der Waals surface area contributed by atoms with Crippen molar-refractivity contribution in [2.45, 2.75) is 64.3 Å². The van der Waals surface area contributed by atoms with E-state index >= 15 is 0 Å². The maximum Gasteiger partial charge on any atom is 0.410 e. The minimum absolute atomic E-state index is 0.00494. The molecule has 3 saturated heterocycles. The Balaban J connectivity index is 1.18. The number of nitrogens with one attached hydrogen (secondary N) is 2. The van der Waals surface area contributed by atoms with Crippen molar-refractivity contribution in [3.63, 3.8) is 0 Å². The van der Waals surface area contributed by atoms with Crippen LogP contribution in [0.1, 0.15) is 45.6 Å². The molecule has 2 atom stereocenters. The van der Waals surface area contributed by atoms with E-state index in [1.807, 2.05) is 30.3 Å². The molecule has 0 spiro atoms. The lowest BCUT2D eigenvalue weighted by Gasteiger charge is -2.39. The van der Waals surface area contributed by atoms with E-state index < -0.39 is 23.6 Å². The van der Waals surface area contributed by atoms with Crippen LogP contribution in [0.15, 0.2) is 30.3 Å². The number of urea groups is 1. The molecule has 2 unspecified atom stereocenters. The average molecular weight is 488 g/mol. The first kappa shape index (κ1) is 24.8. The lowest BCUT2D eigenvalue weighted by Crippen LogP contribution is -2.56. The molecular formula is C24H33N5O6. The topological polar surface area (TPSA) is 121 Å². The number of benzene rings is 1. The molecule has 3 aliphatic heterocycles. The Hall–Kier alpha value is -3.34. The van der Waals surface area contributed by atoms with Crippen molar-refractivity contribution in [2.75, 3.05) is 19.6 Å². The third-order valence-electron chi connectivity index (χ3n) is 6.25. The van der Waals surface area contributed by atoms with Crippen molar-refractivity contribution in [2.24, 2.45) is 5.92 Å². The highest BCUT2D eigenvalue weighted by atomic mass is 16.7. The fourth-order valence-electron chi connectivity index (χ4n) is 4.49. The number of hydroxylamine groups is 2. The third-order valence-corrected chi connectivity index (χ3v) is 6.25. The summed E-state index contributed by atoms with van der Waals surface area (Å²) in [6.45, 7) is 6.95. The largest absolute Gasteiger partial charge is 0.444 e. The fraction of sp³-hybridized carbons (Fsp3) is 0.583. The predicted octanol–water partition coefficient (Wildman–Crippen LogP) is 1.79. The molecule has 35 heavy (non-hydrogen) atoms. The first-order valence-electron chi connectivity index (χ1n) is 11.9. The second-order valence-electron chi connectivity index (χ2n) is 10.3. The highest BCUT2D eigenvalue weighted by molar-refractivity contribution is 5.90. The van der Waals surface area contributed by atoms with Crippen molar-refractivity contribution >= 4 is 23.9 Å². The number of hydrogen-bond acceptors (Lipinski definition) is 6. The molecule has 0 saturated carbocycles. The van der Waals surface area contributed by atoms with Crippen LogP contribution in [0, 0.1) is 5.92 Å². The monoisotopic (exact) mass is 487 g/mol. The van der Waals surface area contributed by atoms with Gasteiger partial charge in [0, 0.05) is 32.0 Å². The lowest BCUT2D eigenvalue weighted by atomic mass is 9.96. The van der Waals surface area contributed by atoms with Gasteiger partial charge in [-0.25, -0.2) is 9.59 Å². The van der Waals surface area contributed by atoms with Crippen molar-refractivity contribution in [1.29, 1.82) is 0 Å². The highest BCUT2D eigenvalue weighted by Gasteiger charge is 2.48. The Bertz CT molecular complexity index is 959. The zero-order chi connectivity index (χ0) is 25.2. The summed E-state index contributed by atoms with van der Waals surface area (Å²) in [4.78, 5) is 58.6. The minimum atomic E-state index is -0.671. The summed E-state index contributed by atoms with van der Waals surface area (Å²) >= 11 is 0. The van der Waals surface area contributed by atoms with Gasteiger partial charge in [0.05, 0.1) is 6.04 Å². The fourth-order valence-corrected chi connectivity index (χ4v) is 4.49. The molecule has 3 aliphatic rings. The van der Waals surface area contributed by atoms with Gasteiger partial charge in [0.2, 0.25) is 5.91 Å². The Labute approximate surface area is 204 Å². The van der Waals surface area contributed by atoms with Crippen LogP contribution >= 0.6 is 0 Å². The quantitative estimate of drug-likeness (QED) is 0.591. The number of rotatable bonds is 6. The van der Waals surface area contributed by atoms with Gasteiger partial charge in [0.15, 0.2) is 0 Å². The Morgan fingerprint density at radius 2 is 1.74 bits per heavy atom. The summed E-state index contributed by atoms with van der Waals surface area (Å²) in [7, 11) is 0. The van der Waals surface area contributed by atoms with Crippen LogP contribution in [0.5, 0.6) is 0 Å². The second kappa shape index (κ2) is 10.1. The van der Waals surface area contributed by atoms with Gasteiger partial charge < -0.3 is 14.5 Å². The zero-order valence-electron chi connectivity index (χ0n) is 20.4. The molecule has 1 aromatic carbocycles. The van der Waals surface area contributed by atoms with E-state index in [4.69, 9.17) is 9.57 Å². The van der Waals surface area contributed by atoms with E-state index in [1.165, 1.54) is 9.96 Å². The van der Waals surface area contributed by atoms with Gasteiger partial charge in [-0.2, -0.15) is 5.06 Å². The van der Waals surface area contributed by atoms with Crippen molar-refractivity contribution in [3.05, 3.63) is 35.9 Å². The van der Waals surface area contributed by atoms with Gasteiger partial charge in [-0.05, 0) is 39.2 Å². The van der Waals surface area contributed by atoms with Crippen LogP contribution in [-0.2, 0) is 25.8 Å². The van der Waals surface area contributed by atoms with Gasteiger partial charge in [0.25, 0.3) is 5.91 Å². The first-order valence-corrected chi connectivity index (χ1v) is 11.9. The smallest absolute Gasteiger partial charge is 0.410 e. The van der Waals surface area contributed by atoms with Gasteiger partial charge >= 0.3 is 12.1 Å². The first-order chi connectivity index (χ1) is 16.6. The van der Waals surface area contributed by atoms with E-state index in [2.05, 4.69) is 10.9 Å². The van der Waals surface area contributed by atoms with Crippen LogP contribution in [0.3, 0.4) is 0 Å². The molecule has 11 nitrogen and oxygen atoms in total. The van der Waals surface area contributed by atoms with Crippen molar-refractivity contribution in [1.82, 2.24) is 25.7 Å². The van der Waals surface area contributed by atoms with Crippen LogP contribution in [0.4, 0.5) is 9.59 Å². The summed E-state index contributed by atoms with van der Waals surface area (Å²) in [6, 6.07) is 8.45. The summed E-state index contributed by atoms with van der Waals surface area (Å²) in [5.41, 5.74) is 5.27. The van der Waals surface area contributed by atoms with E-state index in [0.717, 1.165) is 5.56 Å². The number of nitrogens with zero attached hydrogens (tertiary/aromatic N) is 3. The van der Waals surface area contributed by atoms with E-state index in [9.17, 15) is 19.2 Å². The number of fused-ring (bicyclic) bond motifs is 2. The molecule has 190 valence electrons. The molecule has 11 heteroatoms. The highest BCUT2D eigenvalue weighted by Crippen LogP contribution is 2.30. The van der Waals surface area contributed by atoms with Crippen LogP contribution in [0.25, 0.3) is 0 Å². The van der Waals surface area contributed by atoms with Gasteiger partial charge in [-0.1, -0.05) is 30.3 Å². The number of piperidine rings is 1. The number of hydrogen-bond donors (Lipinski definition) is 2. The predicted molar refractivity (Wildman–Crippen MR) is 124 cm³/mol. The molecule has 0 aliphatic carbocycles. The molecule has 0 aromatic heterocycles. The van der Waals surface area contributed by atoms with Gasteiger partial charge in [-0.15, -0.1) is 0 Å². The Morgan fingerprint density at radius 3 is 2.43 bits per heavy atom. The van der Waals surface area contributed by atoms with Gasteiger partial charge in [0.1, 0.15) is 18.2 Å². The van der Waals surface area contributed by atoms with Crippen LogP contribution < -0.4 is 10.9 Å². The van der Waals surface area contributed by atoms with Crippen molar-refractivity contribution in [3.8, 4) is 0 Å². The molecule has 3 heterocycles. The number of likely N-dealkylation sites (tertiary alicyclic amines) is 1. The number of carbonyl (C=O) groups excluding carboxylic acids is 4. The summed E-state index contributed by atoms with van der Waals surface area (Å²) in [5, 5.41) is 1.37.